The smallest absolute Gasteiger partial charge is 0.325 e. The molecule has 1 aliphatic carbocycles. The molecule has 0 aromatic rings. The van der Waals surface area contributed by atoms with Crippen molar-refractivity contribution in [1.29, 1.82) is 0 Å². The average molecular weight is 243 g/mol. The zero-order valence-electron chi connectivity index (χ0n) is 10.7. The van der Waals surface area contributed by atoms with Crippen molar-refractivity contribution in [2.24, 2.45) is 5.73 Å². The van der Waals surface area contributed by atoms with Crippen LogP contribution in [0.5, 0.6) is 0 Å². The SMILES string of the molecule is COC(=O)C1(N)CCC2(CC1)O[C@H](C)[C@@H](C)O2. The molecule has 0 bridgehead atoms. The quantitative estimate of drug-likeness (QED) is 0.694. The van der Waals surface area contributed by atoms with Gasteiger partial charge >= 0.3 is 5.97 Å². The van der Waals surface area contributed by atoms with E-state index >= 15 is 0 Å². The second-order valence-electron chi connectivity index (χ2n) is 5.20. The highest BCUT2D eigenvalue weighted by Gasteiger charge is 2.51. The molecule has 0 radical (unpaired) electrons. The molecule has 17 heavy (non-hydrogen) atoms. The highest BCUT2D eigenvalue weighted by molar-refractivity contribution is 5.80. The van der Waals surface area contributed by atoms with Gasteiger partial charge in [0.05, 0.1) is 19.3 Å². The largest absolute Gasteiger partial charge is 0.468 e. The number of ether oxygens (including phenoxy) is 3. The molecule has 5 nitrogen and oxygen atoms in total. The van der Waals surface area contributed by atoms with Gasteiger partial charge in [0.2, 0.25) is 0 Å². The fraction of sp³-hybridized carbons (Fsp3) is 0.917. The Morgan fingerprint density at radius 2 is 1.65 bits per heavy atom. The van der Waals surface area contributed by atoms with Crippen molar-refractivity contribution < 1.29 is 19.0 Å². The second-order valence-corrected chi connectivity index (χ2v) is 5.20. The van der Waals surface area contributed by atoms with Gasteiger partial charge < -0.3 is 19.9 Å². The van der Waals surface area contributed by atoms with Gasteiger partial charge in [-0.05, 0) is 26.7 Å². The summed E-state index contributed by atoms with van der Waals surface area (Å²) in [6, 6.07) is 0. The summed E-state index contributed by atoms with van der Waals surface area (Å²) in [6.45, 7) is 4.01. The molecule has 5 heteroatoms. The monoisotopic (exact) mass is 243 g/mol. The van der Waals surface area contributed by atoms with Gasteiger partial charge in [0, 0.05) is 12.8 Å². The molecule has 2 aliphatic rings. The molecule has 2 N–H and O–H groups in total. The first kappa shape index (κ1) is 12.8. The lowest BCUT2D eigenvalue weighted by atomic mass is 9.79. The molecule has 0 aromatic carbocycles. The van der Waals surface area contributed by atoms with Gasteiger partial charge in [-0.3, -0.25) is 4.79 Å². The molecule has 0 amide bonds. The van der Waals surface area contributed by atoms with E-state index in [2.05, 4.69) is 0 Å². The van der Waals surface area contributed by atoms with Gasteiger partial charge in [0.25, 0.3) is 0 Å². The number of esters is 1. The minimum Gasteiger partial charge on any atom is -0.468 e. The van der Waals surface area contributed by atoms with Crippen LogP contribution < -0.4 is 5.73 Å². The first-order chi connectivity index (χ1) is 7.91. The predicted molar refractivity (Wildman–Crippen MR) is 61.2 cm³/mol. The molecule has 1 spiro atoms. The Labute approximate surface area is 102 Å². The Kier molecular flexibility index (Phi) is 3.18. The summed E-state index contributed by atoms with van der Waals surface area (Å²) >= 11 is 0. The van der Waals surface area contributed by atoms with Crippen molar-refractivity contribution >= 4 is 5.97 Å². The first-order valence-corrected chi connectivity index (χ1v) is 6.14. The summed E-state index contributed by atoms with van der Waals surface area (Å²) in [5, 5.41) is 0. The molecule has 0 aromatic heterocycles. The Bertz CT molecular complexity index is 298. The van der Waals surface area contributed by atoms with E-state index in [1.54, 1.807) is 0 Å². The van der Waals surface area contributed by atoms with E-state index in [-0.39, 0.29) is 18.2 Å². The summed E-state index contributed by atoms with van der Waals surface area (Å²) in [6.07, 6.45) is 2.57. The molecule has 1 aliphatic heterocycles. The lowest BCUT2D eigenvalue weighted by molar-refractivity contribution is -0.201. The van der Waals surface area contributed by atoms with Gasteiger partial charge in [-0.15, -0.1) is 0 Å². The van der Waals surface area contributed by atoms with Crippen LogP contribution >= 0.6 is 0 Å². The van der Waals surface area contributed by atoms with E-state index in [9.17, 15) is 4.79 Å². The van der Waals surface area contributed by atoms with Crippen molar-refractivity contribution in [1.82, 2.24) is 0 Å². The van der Waals surface area contributed by atoms with Crippen molar-refractivity contribution in [2.45, 2.75) is 63.1 Å². The number of rotatable bonds is 1. The summed E-state index contributed by atoms with van der Waals surface area (Å²) in [7, 11) is 1.37. The third-order valence-corrected chi connectivity index (χ3v) is 3.96. The van der Waals surface area contributed by atoms with E-state index in [0.29, 0.717) is 25.7 Å². The van der Waals surface area contributed by atoms with Crippen LogP contribution in [0.1, 0.15) is 39.5 Å². The molecular formula is C12H21NO4. The fourth-order valence-electron chi connectivity index (χ4n) is 2.62. The molecule has 1 heterocycles. The molecular weight excluding hydrogens is 222 g/mol. The van der Waals surface area contributed by atoms with Crippen molar-refractivity contribution in [3.8, 4) is 0 Å². The third-order valence-electron chi connectivity index (χ3n) is 3.96. The van der Waals surface area contributed by atoms with Crippen molar-refractivity contribution in [2.75, 3.05) is 7.11 Å². The highest BCUT2D eigenvalue weighted by atomic mass is 16.8. The van der Waals surface area contributed by atoms with Gasteiger partial charge in [0.15, 0.2) is 5.79 Å². The average Bonchev–Trinajstić information content (AvgIpc) is 2.58. The van der Waals surface area contributed by atoms with E-state index in [4.69, 9.17) is 19.9 Å². The van der Waals surface area contributed by atoms with Gasteiger partial charge in [-0.1, -0.05) is 0 Å². The Hall–Kier alpha value is -0.650. The number of hydrogen-bond acceptors (Lipinski definition) is 5. The number of methoxy groups -OCH3 is 1. The van der Waals surface area contributed by atoms with Crippen molar-refractivity contribution in [3.63, 3.8) is 0 Å². The van der Waals surface area contributed by atoms with E-state index < -0.39 is 11.3 Å². The Morgan fingerprint density at radius 1 is 1.18 bits per heavy atom. The van der Waals surface area contributed by atoms with E-state index in [1.807, 2.05) is 13.8 Å². The van der Waals surface area contributed by atoms with Crippen LogP contribution in [-0.4, -0.2) is 36.6 Å². The van der Waals surface area contributed by atoms with E-state index in [1.165, 1.54) is 7.11 Å². The van der Waals surface area contributed by atoms with Gasteiger partial charge in [0.1, 0.15) is 5.54 Å². The predicted octanol–water partition coefficient (Wildman–Crippen LogP) is 0.951. The zero-order valence-corrected chi connectivity index (χ0v) is 10.7. The van der Waals surface area contributed by atoms with Crippen LogP contribution in [0.2, 0.25) is 0 Å². The molecule has 2 rings (SSSR count). The van der Waals surface area contributed by atoms with E-state index in [0.717, 1.165) is 0 Å². The van der Waals surface area contributed by atoms with Crippen molar-refractivity contribution in [3.05, 3.63) is 0 Å². The Balaban J connectivity index is 2.01. The fourth-order valence-corrected chi connectivity index (χ4v) is 2.62. The topological polar surface area (TPSA) is 70.8 Å². The third kappa shape index (κ3) is 2.19. The lowest BCUT2D eigenvalue weighted by Crippen LogP contribution is -2.55. The van der Waals surface area contributed by atoms with Gasteiger partial charge in [-0.25, -0.2) is 0 Å². The summed E-state index contributed by atoms with van der Waals surface area (Å²) in [5.74, 6) is -0.873. The molecule has 98 valence electrons. The van der Waals surface area contributed by atoms with Crippen LogP contribution in [-0.2, 0) is 19.0 Å². The Morgan fingerprint density at radius 3 is 2.06 bits per heavy atom. The zero-order chi connectivity index (χ0) is 12.7. The van der Waals surface area contributed by atoms with Gasteiger partial charge in [-0.2, -0.15) is 0 Å². The summed E-state index contributed by atoms with van der Waals surface area (Å²) in [5.41, 5.74) is 5.17. The van der Waals surface area contributed by atoms with Crippen LogP contribution in [0, 0.1) is 0 Å². The maximum absolute atomic E-state index is 11.6. The molecule has 1 saturated heterocycles. The lowest BCUT2D eigenvalue weighted by Gasteiger charge is -2.39. The number of hydrogen-bond donors (Lipinski definition) is 1. The summed E-state index contributed by atoms with van der Waals surface area (Å²) in [4.78, 5) is 11.6. The minimum absolute atomic E-state index is 0.0957. The molecule has 0 unspecified atom stereocenters. The standard InChI is InChI=1S/C12H21NO4/c1-8-9(2)17-12(16-8)6-4-11(13,5-7-12)10(14)15-3/h8-9H,4-7,13H2,1-3H3/t8-,9-/m1/s1. The molecule has 1 saturated carbocycles. The molecule has 2 atom stereocenters. The van der Waals surface area contributed by atoms with Crippen LogP contribution in [0.25, 0.3) is 0 Å². The first-order valence-electron chi connectivity index (χ1n) is 6.14. The number of nitrogens with two attached hydrogens (primary N) is 1. The molecule has 2 fully saturated rings. The normalized spacial score (nSPS) is 34.8. The summed E-state index contributed by atoms with van der Waals surface area (Å²) < 4.78 is 16.5. The van der Waals surface area contributed by atoms with Crippen LogP contribution in [0.15, 0.2) is 0 Å². The van der Waals surface area contributed by atoms with Crippen LogP contribution in [0.4, 0.5) is 0 Å². The minimum atomic E-state index is -0.873. The highest BCUT2D eigenvalue weighted by Crippen LogP contribution is 2.43. The maximum Gasteiger partial charge on any atom is 0.325 e. The van der Waals surface area contributed by atoms with Crippen LogP contribution in [0.3, 0.4) is 0 Å². The number of carbonyl (C=O) groups excluding carboxylic acids is 1. The maximum atomic E-state index is 11.6. The number of carbonyl (C=O) groups is 1. The second kappa shape index (κ2) is 4.23.